The van der Waals surface area contributed by atoms with Crippen LogP contribution in [0.25, 0.3) is 0 Å². The summed E-state index contributed by atoms with van der Waals surface area (Å²) in [5.41, 5.74) is 7.14. The highest BCUT2D eigenvalue weighted by Gasteiger charge is 2.14. The van der Waals surface area contributed by atoms with Crippen molar-refractivity contribution in [3.8, 4) is 0 Å². The van der Waals surface area contributed by atoms with Gasteiger partial charge in [0.15, 0.2) is 5.17 Å². The maximum Gasteiger partial charge on any atom is 0.153 e. The number of thioether (sulfide) groups is 1. The Morgan fingerprint density at radius 3 is 2.64 bits per heavy atom. The third-order valence-corrected chi connectivity index (χ3v) is 4.44. The number of benzene rings is 2. The minimum atomic E-state index is -0.597. The number of halogens is 2. The average Bonchev–Trinajstić information content (AvgIpc) is 2.60. The van der Waals surface area contributed by atoms with E-state index in [1.165, 1.54) is 23.9 Å². The predicted octanol–water partition coefficient (Wildman–Crippen LogP) is 4.68. The fourth-order valence-corrected chi connectivity index (χ4v) is 3.08. The minimum Gasteiger partial charge on any atom is -0.379 e. The third kappa shape index (κ3) is 6.48. The van der Waals surface area contributed by atoms with Crippen LogP contribution in [0, 0.1) is 11.6 Å². The fraction of sp³-hybridized carbons (Fsp3) is 0.316. The molecule has 0 spiro atoms. The van der Waals surface area contributed by atoms with Gasteiger partial charge in [-0.25, -0.2) is 8.78 Å². The van der Waals surface area contributed by atoms with Crippen LogP contribution < -0.4 is 5.73 Å². The van der Waals surface area contributed by atoms with Gasteiger partial charge in [-0.3, -0.25) is 4.99 Å². The monoisotopic (exact) mass is 364 g/mol. The van der Waals surface area contributed by atoms with Crippen molar-refractivity contribution in [1.29, 1.82) is 0 Å². The van der Waals surface area contributed by atoms with Gasteiger partial charge in [0.25, 0.3) is 0 Å². The standard InChI is InChI=1S/C19H22F2N2OS/c1-2-23-19(22)25-11-10-18(14-6-4-3-5-7-14)24-13-15-8-9-16(20)12-17(15)21/h3-9,12,18H,2,10-11,13H2,1H3,(H2,22,23). The van der Waals surface area contributed by atoms with Crippen molar-refractivity contribution in [2.45, 2.75) is 26.1 Å². The van der Waals surface area contributed by atoms with E-state index in [-0.39, 0.29) is 12.7 Å². The van der Waals surface area contributed by atoms with Gasteiger partial charge in [-0.15, -0.1) is 0 Å². The lowest BCUT2D eigenvalue weighted by Gasteiger charge is -2.18. The molecule has 2 N–H and O–H groups in total. The fourth-order valence-electron chi connectivity index (χ4n) is 2.32. The van der Waals surface area contributed by atoms with E-state index in [0.29, 0.717) is 23.7 Å². The smallest absolute Gasteiger partial charge is 0.153 e. The molecule has 0 radical (unpaired) electrons. The van der Waals surface area contributed by atoms with E-state index in [4.69, 9.17) is 10.5 Å². The summed E-state index contributed by atoms with van der Waals surface area (Å²) < 4.78 is 32.7. The van der Waals surface area contributed by atoms with Crippen LogP contribution in [0.1, 0.15) is 30.6 Å². The van der Waals surface area contributed by atoms with E-state index in [1.54, 1.807) is 0 Å². The van der Waals surface area contributed by atoms with Crippen molar-refractivity contribution in [1.82, 2.24) is 0 Å². The van der Waals surface area contributed by atoms with Gasteiger partial charge in [0.1, 0.15) is 11.6 Å². The molecule has 2 aromatic rings. The molecule has 0 aliphatic rings. The summed E-state index contributed by atoms with van der Waals surface area (Å²) in [6.07, 6.45) is 0.504. The zero-order chi connectivity index (χ0) is 18.1. The van der Waals surface area contributed by atoms with Crippen LogP contribution in [0.5, 0.6) is 0 Å². The molecule has 0 heterocycles. The van der Waals surface area contributed by atoms with Crippen LogP contribution in [0.3, 0.4) is 0 Å². The number of hydrogen-bond donors (Lipinski definition) is 1. The van der Waals surface area contributed by atoms with E-state index >= 15 is 0 Å². The highest BCUT2D eigenvalue weighted by atomic mass is 32.2. The second kappa shape index (κ2) is 10.2. The molecule has 1 atom stereocenters. The molecule has 0 amide bonds. The molecule has 6 heteroatoms. The summed E-state index contributed by atoms with van der Waals surface area (Å²) in [6.45, 7) is 2.66. The summed E-state index contributed by atoms with van der Waals surface area (Å²) in [7, 11) is 0. The van der Waals surface area contributed by atoms with Crippen molar-refractivity contribution in [2.75, 3.05) is 12.3 Å². The third-order valence-electron chi connectivity index (χ3n) is 3.57. The lowest BCUT2D eigenvalue weighted by molar-refractivity contribution is 0.0364. The molecule has 2 aromatic carbocycles. The Morgan fingerprint density at radius 1 is 1.20 bits per heavy atom. The maximum absolute atomic E-state index is 13.8. The first-order chi connectivity index (χ1) is 12.1. The number of aliphatic imine (C=N–C) groups is 1. The van der Waals surface area contributed by atoms with E-state index in [1.807, 2.05) is 37.3 Å². The summed E-state index contributed by atoms with van der Waals surface area (Å²) in [4.78, 5) is 4.14. The van der Waals surface area contributed by atoms with Crippen LogP contribution in [-0.4, -0.2) is 17.5 Å². The van der Waals surface area contributed by atoms with Crippen molar-refractivity contribution < 1.29 is 13.5 Å². The molecule has 0 aliphatic heterocycles. The largest absolute Gasteiger partial charge is 0.379 e. The molecule has 0 saturated carbocycles. The molecule has 134 valence electrons. The van der Waals surface area contributed by atoms with Gasteiger partial charge in [0, 0.05) is 23.9 Å². The number of nitrogens with zero attached hydrogens (tertiary/aromatic N) is 1. The molecular weight excluding hydrogens is 342 g/mol. The van der Waals surface area contributed by atoms with Crippen LogP contribution in [0.15, 0.2) is 53.5 Å². The number of amidine groups is 1. The quantitative estimate of drug-likeness (QED) is 0.546. The van der Waals surface area contributed by atoms with Gasteiger partial charge in [-0.2, -0.15) is 0 Å². The molecule has 0 aromatic heterocycles. The Bertz CT molecular complexity index is 695. The van der Waals surface area contributed by atoms with Crippen LogP contribution in [0.2, 0.25) is 0 Å². The molecule has 25 heavy (non-hydrogen) atoms. The highest BCUT2D eigenvalue weighted by Crippen LogP contribution is 2.25. The molecule has 0 aliphatic carbocycles. The zero-order valence-electron chi connectivity index (χ0n) is 14.1. The lowest BCUT2D eigenvalue weighted by Crippen LogP contribution is -2.11. The minimum absolute atomic E-state index is 0.0782. The Kier molecular flexibility index (Phi) is 7.88. The van der Waals surface area contributed by atoms with E-state index in [2.05, 4.69) is 4.99 Å². The average molecular weight is 364 g/mol. The molecule has 3 nitrogen and oxygen atoms in total. The second-order valence-electron chi connectivity index (χ2n) is 5.40. The van der Waals surface area contributed by atoms with E-state index in [0.717, 1.165) is 17.4 Å². The Morgan fingerprint density at radius 2 is 1.96 bits per heavy atom. The first kappa shape index (κ1) is 19.4. The molecule has 0 saturated heterocycles. The second-order valence-corrected chi connectivity index (χ2v) is 6.51. The van der Waals surface area contributed by atoms with E-state index < -0.39 is 11.6 Å². The SMILES string of the molecule is CC/N=C(\N)SCCC(OCc1ccc(F)cc1F)c1ccccc1. The number of hydrogen-bond acceptors (Lipinski definition) is 3. The van der Waals surface area contributed by atoms with Gasteiger partial charge in [-0.05, 0) is 25.0 Å². The number of nitrogens with two attached hydrogens (primary N) is 1. The van der Waals surface area contributed by atoms with Gasteiger partial charge >= 0.3 is 0 Å². The molecule has 0 fully saturated rings. The topological polar surface area (TPSA) is 47.6 Å². The lowest BCUT2D eigenvalue weighted by atomic mass is 10.1. The summed E-state index contributed by atoms with van der Waals surface area (Å²) >= 11 is 1.47. The number of ether oxygens (including phenoxy) is 1. The number of rotatable bonds is 8. The summed E-state index contributed by atoms with van der Waals surface area (Å²) in [6, 6.07) is 13.3. The highest BCUT2D eigenvalue weighted by molar-refractivity contribution is 8.13. The Labute approximate surface area is 151 Å². The first-order valence-electron chi connectivity index (χ1n) is 8.13. The molecule has 1 unspecified atom stereocenters. The normalized spacial score (nSPS) is 13.0. The van der Waals surface area contributed by atoms with Crippen molar-refractivity contribution in [3.05, 3.63) is 71.3 Å². The van der Waals surface area contributed by atoms with Gasteiger partial charge in [-0.1, -0.05) is 48.2 Å². The molecule has 0 bridgehead atoms. The predicted molar refractivity (Wildman–Crippen MR) is 99.6 cm³/mol. The van der Waals surface area contributed by atoms with Gasteiger partial charge in [0.05, 0.1) is 12.7 Å². The Balaban J connectivity index is 2.00. The van der Waals surface area contributed by atoms with E-state index in [9.17, 15) is 8.78 Å². The Hall–Kier alpha value is -1.92. The maximum atomic E-state index is 13.8. The van der Waals surface area contributed by atoms with Crippen molar-refractivity contribution >= 4 is 16.9 Å². The molecular formula is C19H22F2N2OS. The van der Waals surface area contributed by atoms with Gasteiger partial charge < -0.3 is 10.5 Å². The van der Waals surface area contributed by atoms with Crippen LogP contribution >= 0.6 is 11.8 Å². The van der Waals surface area contributed by atoms with Crippen molar-refractivity contribution in [3.63, 3.8) is 0 Å². The van der Waals surface area contributed by atoms with Gasteiger partial charge in [0.2, 0.25) is 0 Å². The van der Waals surface area contributed by atoms with Crippen LogP contribution in [-0.2, 0) is 11.3 Å². The molecule has 2 rings (SSSR count). The first-order valence-corrected chi connectivity index (χ1v) is 9.12. The summed E-state index contributed by atoms with van der Waals surface area (Å²) in [5.74, 6) is -0.454. The summed E-state index contributed by atoms with van der Waals surface area (Å²) in [5, 5.41) is 0.555. The van der Waals surface area contributed by atoms with Crippen LogP contribution in [0.4, 0.5) is 8.78 Å². The zero-order valence-corrected chi connectivity index (χ0v) is 14.9. The van der Waals surface area contributed by atoms with Crippen molar-refractivity contribution in [2.24, 2.45) is 10.7 Å².